The van der Waals surface area contributed by atoms with Crippen molar-refractivity contribution < 1.29 is 14.3 Å². The van der Waals surface area contributed by atoms with Gasteiger partial charge in [0.05, 0.1) is 5.02 Å². The van der Waals surface area contributed by atoms with Crippen LogP contribution in [0.2, 0.25) is 5.02 Å². The molecule has 0 bridgehead atoms. The number of hydrogen-bond acceptors (Lipinski definition) is 3. The van der Waals surface area contributed by atoms with Gasteiger partial charge in [-0.05, 0) is 56.5 Å². The van der Waals surface area contributed by atoms with Gasteiger partial charge in [0, 0.05) is 17.3 Å². The van der Waals surface area contributed by atoms with Crippen molar-refractivity contribution in [1.29, 1.82) is 0 Å². The first-order chi connectivity index (χ1) is 12.4. The second-order valence-corrected chi connectivity index (χ2v) is 6.88. The Kier molecular flexibility index (Phi) is 5.47. The molecule has 1 aliphatic carbocycles. The summed E-state index contributed by atoms with van der Waals surface area (Å²) in [6, 6.07) is 12.5. The van der Waals surface area contributed by atoms with Crippen LogP contribution in [0, 0.1) is 12.8 Å². The van der Waals surface area contributed by atoms with Gasteiger partial charge in [0.15, 0.2) is 6.10 Å². The minimum Gasteiger partial charge on any atom is -0.479 e. The molecule has 1 unspecified atom stereocenters. The molecular weight excluding hydrogens is 352 g/mol. The van der Waals surface area contributed by atoms with Gasteiger partial charge in [-0.15, -0.1) is 0 Å². The molecule has 0 aliphatic heterocycles. The fourth-order valence-electron chi connectivity index (χ4n) is 2.44. The monoisotopic (exact) mass is 372 g/mol. The van der Waals surface area contributed by atoms with Crippen LogP contribution < -0.4 is 15.4 Å². The summed E-state index contributed by atoms with van der Waals surface area (Å²) >= 11 is 6.06. The number of hydrogen-bond donors (Lipinski definition) is 2. The molecule has 1 atom stereocenters. The van der Waals surface area contributed by atoms with Crippen molar-refractivity contribution in [3.05, 3.63) is 53.1 Å². The summed E-state index contributed by atoms with van der Waals surface area (Å²) in [5.41, 5.74) is 2.20. The summed E-state index contributed by atoms with van der Waals surface area (Å²) in [7, 11) is 0. The van der Waals surface area contributed by atoms with Gasteiger partial charge >= 0.3 is 0 Å². The van der Waals surface area contributed by atoms with E-state index in [0.717, 1.165) is 18.4 Å². The highest BCUT2D eigenvalue weighted by Crippen LogP contribution is 2.31. The summed E-state index contributed by atoms with van der Waals surface area (Å²) in [4.78, 5) is 24.4. The minimum absolute atomic E-state index is 0.0292. The second kappa shape index (κ2) is 7.79. The molecule has 5 nitrogen and oxygen atoms in total. The summed E-state index contributed by atoms with van der Waals surface area (Å²) in [6.45, 7) is 3.55. The molecule has 1 saturated carbocycles. The van der Waals surface area contributed by atoms with Gasteiger partial charge in [-0.2, -0.15) is 0 Å². The first-order valence-electron chi connectivity index (χ1n) is 8.57. The fourth-order valence-corrected chi connectivity index (χ4v) is 2.62. The Morgan fingerprint density at radius 1 is 1.15 bits per heavy atom. The Morgan fingerprint density at radius 3 is 2.58 bits per heavy atom. The largest absolute Gasteiger partial charge is 0.479 e. The number of benzene rings is 2. The van der Waals surface area contributed by atoms with Crippen LogP contribution in [0.5, 0.6) is 5.75 Å². The minimum atomic E-state index is -0.723. The highest BCUT2D eigenvalue weighted by molar-refractivity contribution is 6.32. The summed E-state index contributed by atoms with van der Waals surface area (Å²) in [5, 5.41) is 6.18. The molecule has 1 aliphatic rings. The molecule has 0 aromatic heterocycles. The quantitative estimate of drug-likeness (QED) is 0.789. The van der Waals surface area contributed by atoms with Crippen molar-refractivity contribution in [3.8, 4) is 5.75 Å². The number of nitrogens with one attached hydrogen (secondary N) is 2. The van der Waals surface area contributed by atoms with Crippen LogP contribution in [-0.2, 0) is 9.59 Å². The molecule has 0 heterocycles. The smallest absolute Gasteiger partial charge is 0.265 e. The predicted octanol–water partition coefficient (Wildman–Crippen LogP) is 4.40. The third kappa shape index (κ3) is 4.55. The zero-order valence-corrected chi connectivity index (χ0v) is 15.5. The molecule has 2 aromatic carbocycles. The van der Waals surface area contributed by atoms with E-state index in [9.17, 15) is 9.59 Å². The Labute approximate surface area is 157 Å². The lowest BCUT2D eigenvalue weighted by Crippen LogP contribution is -2.30. The van der Waals surface area contributed by atoms with Crippen LogP contribution >= 0.6 is 11.6 Å². The van der Waals surface area contributed by atoms with Crippen LogP contribution in [0.1, 0.15) is 25.3 Å². The molecule has 0 radical (unpaired) electrons. The summed E-state index contributed by atoms with van der Waals surface area (Å²) in [5.74, 6) is 0.317. The highest BCUT2D eigenvalue weighted by Gasteiger charge is 2.29. The van der Waals surface area contributed by atoms with E-state index in [0.29, 0.717) is 22.1 Å². The third-order valence-electron chi connectivity index (χ3n) is 4.22. The van der Waals surface area contributed by atoms with Gasteiger partial charge < -0.3 is 15.4 Å². The van der Waals surface area contributed by atoms with Gasteiger partial charge in [0.1, 0.15) is 5.75 Å². The fraction of sp³-hybridized carbons (Fsp3) is 0.300. The number of amides is 2. The zero-order valence-electron chi connectivity index (χ0n) is 14.7. The molecule has 2 N–H and O–H groups in total. The van der Waals surface area contributed by atoms with Crippen LogP contribution in [0.4, 0.5) is 11.4 Å². The Morgan fingerprint density at radius 2 is 1.88 bits per heavy atom. The Balaban J connectivity index is 1.65. The molecule has 3 rings (SSSR count). The SMILES string of the molecule is Cc1ccc(NC(=O)C2CC2)cc1NC(=O)C(C)Oc1ccccc1Cl. The normalized spacial score (nSPS) is 14.4. The molecule has 1 fully saturated rings. The van der Waals surface area contributed by atoms with E-state index < -0.39 is 6.10 Å². The predicted molar refractivity (Wildman–Crippen MR) is 103 cm³/mol. The van der Waals surface area contributed by atoms with Crippen LogP contribution in [-0.4, -0.2) is 17.9 Å². The molecule has 0 saturated heterocycles. The van der Waals surface area contributed by atoms with E-state index in [1.165, 1.54) is 0 Å². The number of carbonyl (C=O) groups is 2. The van der Waals surface area contributed by atoms with Crippen LogP contribution in [0.25, 0.3) is 0 Å². The molecule has 2 aromatic rings. The van der Waals surface area contributed by atoms with E-state index in [1.807, 2.05) is 19.1 Å². The first-order valence-corrected chi connectivity index (χ1v) is 8.95. The number of ether oxygens (including phenoxy) is 1. The summed E-state index contributed by atoms with van der Waals surface area (Å²) < 4.78 is 5.64. The van der Waals surface area contributed by atoms with Crippen molar-refractivity contribution in [3.63, 3.8) is 0 Å². The second-order valence-electron chi connectivity index (χ2n) is 6.47. The van der Waals surface area contributed by atoms with E-state index in [1.54, 1.807) is 37.3 Å². The number of halogens is 1. The first kappa shape index (κ1) is 18.3. The van der Waals surface area contributed by atoms with E-state index in [-0.39, 0.29) is 17.7 Å². The standard InChI is InChI=1S/C20H21ClN2O3/c1-12-7-10-15(22-20(25)14-8-9-14)11-17(12)23-19(24)13(2)26-18-6-4-3-5-16(18)21/h3-7,10-11,13-14H,8-9H2,1-2H3,(H,22,25)(H,23,24). The van der Waals surface area contributed by atoms with Crippen molar-refractivity contribution in [2.75, 3.05) is 10.6 Å². The molecular formula is C20H21ClN2O3. The van der Waals surface area contributed by atoms with Crippen molar-refractivity contribution in [2.45, 2.75) is 32.8 Å². The molecule has 136 valence electrons. The van der Waals surface area contributed by atoms with Gasteiger partial charge in [-0.3, -0.25) is 9.59 Å². The maximum Gasteiger partial charge on any atom is 0.265 e. The Hall–Kier alpha value is -2.53. The summed E-state index contributed by atoms with van der Waals surface area (Å²) in [6.07, 6.45) is 1.16. The lowest BCUT2D eigenvalue weighted by molar-refractivity contribution is -0.122. The average Bonchev–Trinajstić information content (AvgIpc) is 3.45. The lowest BCUT2D eigenvalue weighted by atomic mass is 10.1. The number of carbonyl (C=O) groups excluding carboxylic acids is 2. The Bertz CT molecular complexity index is 834. The third-order valence-corrected chi connectivity index (χ3v) is 4.53. The van der Waals surface area contributed by atoms with Gasteiger partial charge in [-0.1, -0.05) is 29.8 Å². The van der Waals surface area contributed by atoms with Crippen molar-refractivity contribution in [1.82, 2.24) is 0 Å². The van der Waals surface area contributed by atoms with E-state index >= 15 is 0 Å². The van der Waals surface area contributed by atoms with Crippen molar-refractivity contribution >= 4 is 34.8 Å². The zero-order chi connectivity index (χ0) is 18.7. The number of rotatable bonds is 6. The number of para-hydroxylation sites is 1. The molecule has 0 spiro atoms. The molecule has 2 amide bonds. The maximum atomic E-state index is 12.5. The number of anilines is 2. The van der Waals surface area contributed by atoms with Gasteiger partial charge in [0.2, 0.25) is 5.91 Å². The maximum absolute atomic E-state index is 12.5. The molecule has 26 heavy (non-hydrogen) atoms. The average molecular weight is 373 g/mol. The lowest BCUT2D eigenvalue weighted by Gasteiger charge is -2.17. The van der Waals surface area contributed by atoms with E-state index in [2.05, 4.69) is 10.6 Å². The van der Waals surface area contributed by atoms with Crippen LogP contribution in [0.3, 0.4) is 0 Å². The topological polar surface area (TPSA) is 67.4 Å². The van der Waals surface area contributed by atoms with Gasteiger partial charge in [-0.25, -0.2) is 0 Å². The van der Waals surface area contributed by atoms with Gasteiger partial charge in [0.25, 0.3) is 5.91 Å². The van der Waals surface area contributed by atoms with Crippen molar-refractivity contribution in [2.24, 2.45) is 5.92 Å². The number of aryl methyl sites for hydroxylation is 1. The highest BCUT2D eigenvalue weighted by atomic mass is 35.5. The van der Waals surface area contributed by atoms with E-state index in [4.69, 9.17) is 16.3 Å². The molecule has 6 heteroatoms. The van der Waals surface area contributed by atoms with Crippen LogP contribution in [0.15, 0.2) is 42.5 Å².